The zero-order chi connectivity index (χ0) is 24.6. The molecule has 4 rings (SSSR count). The minimum Gasteiger partial charge on any atom is -0.310 e. The Morgan fingerprint density at radius 1 is 0.971 bits per heavy atom. The van der Waals surface area contributed by atoms with Crippen LogP contribution in [0.25, 0.3) is 5.69 Å². The highest BCUT2D eigenvalue weighted by Crippen LogP contribution is 2.27. The number of nitrogens with one attached hydrogen (secondary N) is 1. The molecule has 180 valence electrons. The minimum atomic E-state index is -3.98. The number of halogens is 2. The van der Waals surface area contributed by atoms with Gasteiger partial charge in [-0.15, -0.1) is 0 Å². The quantitative estimate of drug-likeness (QED) is 0.586. The standard InChI is InChI=1S/C24H26F2N4O3S/c1-15-10-16(2)12-19(11-15)30-23(13-17(3)28-30)27-24(31)18-6-8-29(9-7-18)34(32,33)20-4-5-21(25)22(26)14-20/h4-5,10-14,18H,6-9H2,1-3H3,(H,27,31). The minimum absolute atomic E-state index is 0.106. The van der Waals surface area contributed by atoms with Crippen molar-refractivity contribution >= 4 is 21.7 Å². The lowest BCUT2D eigenvalue weighted by Gasteiger charge is -2.30. The Labute approximate surface area is 197 Å². The van der Waals surface area contributed by atoms with E-state index in [1.54, 1.807) is 10.7 Å². The average Bonchev–Trinajstić information content (AvgIpc) is 3.15. The summed E-state index contributed by atoms with van der Waals surface area (Å²) in [5, 5.41) is 7.45. The Kier molecular flexibility index (Phi) is 6.55. The van der Waals surface area contributed by atoms with Crippen LogP contribution in [0.2, 0.25) is 0 Å². The van der Waals surface area contributed by atoms with Crippen LogP contribution in [-0.4, -0.2) is 41.5 Å². The molecule has 1 aliphatic rings. The predicted molar refractivity (Wildman–Crippen MR) is 124 cm³/mol. The van der Waals surface area contributed by atoms with Crippen molar-refractivity contribution in [1.29, 1.82) is 0 Å². The normalized spacial score (nSPS) is 15.4. The summed E-state index contributed by atoms with van der Waals surface area (Å²) in [4.78, 5) is 12.7. The van der Waals surface area contributed by atoms with Crippen molar-refractivity contribution in [2.45, 2.75) is 38.5 Å². The van der Waals surface area contributed by atoms with Crippen molar-refractivity contribution in [3.8, 4) is 5.69 Å². The SMILES string of the molecule is Cc1cc(C)cc(-n2nc(C)cc2NC(=O)C2CCN(S(=O)(=O)c3ccc(F)c(F)c3)CC2)c1. The number of aromatic nitrogens is 2. The van der Waals surface area contributed by atoms with Crippen LogP contribution in [0.15, 0.2) is 47.4 Å². The zero-order valence-corrected chi connectivity index (χ0v) is 20.0. The monoisotopic (exact) mass is 488 g/mol. The van der Waals surface area contributed by atoms with E-state index in [0.29, 0.717) is 24.7 Å². The largest absolute Gasteiger partial charge is 0.310 e. The second-order valence-electron chi connectivity index (χ2n) is 8.67. The van der Waals surface area contributed by atoms with Gasteiger partial charge in [0, 0.05) is 25.1 Å². The summed E-state index contributed by atoms with van der Waals surface area (Å²) in [7, 11) is -3.98. The molecular weight excluding hydrogens is 462 g/mol. The van der Waals surface area contributed by atoms with E-state index in [-0.39, 0.29) is 29.8 Å². The Bertz CT molecular complexity index is 1330. The van der Waals surface area contributed by atoms with Gasteiger partial charge in [-0.2, -0.15) is 9.40 Å². The van der Waals surface area contributed by atoms with Gasteiger partial charge in [0.05, 0.1) is 16.3 Å². The van der Waals surface area contributed by atoms with Gasteiger partial charge in [0.2, 0.25) is 15.9 Å². The van der Waals surface area contributed by atoms with E-state index in [0.717, 1.165) is 34.6 Å². The van der Waals surface area contributed by atoms with Crippen molar-refractivity contribution in [3.63, 3.8) is 0 Å². The van der Waals surface area contributed by atoms with Gasteiger partial charge in [0.25, 0.3) is 0 Å². The van der Waals surface area contributed by atoms with Crippen LogP contribution in [0.1, 0.15) is 29.7 Å². The Hall–Kier alpha value is -3.11. The fourth-order valence-electron chi connectivity index (χ4n) is 4.23. The number of anilines is 1. The topological polar surface area (TPSA) is 84.3 Å². The molecule has 0 bridgehead atoms. The number of benzene rings is 2. The van der Waals surface area contributed by atoms with Crippen molar-refractivity contribution in [3.05, 3.63) is 70.9 Å². The molecule has 1 saturated heterocycles. The average molecular weight is 489 g/mol. The van der Waals surface area contributed by atoms with Crippen LogP contribution in [0.3, 0.4) is 0 Å². The van der Waals surface area contributed by atoms with Crippen LogP contribution >= 0.6 is 0 Å². The van der Waals surface area contributed by atoms with Gasteiger partial charge in [-0.05, 0) is 75.1 Å². The zero-order valence-electron chi connectivity index (χ0n) is 19.2. The van der Waals surface area contributed by atoms with Gasteiger partial charge in [-0.25, -0.2) is 21.9 Å². The number of carbonyl (C=O) groups excluding carboxylic acids is 1. The first-order valence-corrected chi connectivity index (χ1v) is 12.4. The molecule has 7 nitrogen and oxygen atoms in total. The van der Waals surface area contributed by atoms with Crippen LogP contribution in [0, 0.1) is 38.3 Å². The molecule has 34 heavy (non-hydrogen) atoms. The summed E-state index contributed by atoms with van der Waals surface area (Å²) in [5.41, 5.74) is 3.75. The van der Waals surface area contributed by atoms with Crippen molar-refractivity contribution < 1.29 is 22.0 Å². The maximum Gasteiger partial charge on any atom is 0.243 e. The fourth-order valence-corrected chi connectivity index (χ4v) is 5.71. The molecule has 1 N–H and O–H groups in total. The number of nitrogens with zero attached hydrogens (tertiary/aromatic N) is 3. The van der Waals surface area contributed by atoms with Crippen molar-refractivity contribution in [2.75, 3.05) is 18.4 Å². The second-order valence-corrected chi connectivity index (χ2v) is 10.6. The number of rotatable bonds is 5. The molecule has 0 aliphatic carbocycles. The highest BCUT2D eigenvalue weighted by Gasteiger charge is 2.33. The maximum atomic E-state index is 13.5. The smallest absolute Gasteiger partial charge is 0.243 e. The van der Waals surface area contributed by atoms with Gasteiger partial charge in [0.15, 0.2) is 11.6 Å². The molecule has 0 spiro atoms. The first-order chi connectivity index (χ1) is 16.0. The molecule has 10 heteroatoms. The molecular formula is C24H26F2N4O3S. The van der Waals surface area contributed by atoms with Crippen LogP contribution in [-0.2, 0) is 14.8 Å². The lowest BCUT2D eigenvalue weighted by molar-refractivity contribution is -0.120. The van der Waals surface area contributed by atoms with Crippen LogP contribution in [0.5, 0.6) is 0 Å². The highest BCUT2D eigenvalue weighted by atomic mass is 32.2. The molecule has 3 aromatic rings. The number of hydrogen-bond acceptors (Lipinski definition) is 4. The Morgan fingerprint density at radius 2 is 1.62 bits per heavy atom. The molecule has 0 radical (unpaired) electrons. The molecule has 1 aromatic heterocycles. The van der Waals surface area contributed by atoms with E-state index >= 15 is 0 Å². The molecule has 0 atom stereocenters. The number of amides is 1. The number of hydrogen-bond donors (Lipinski definition) is 1. The molecule has 1 aliphatic heterocycles. The van der Waals surface area contributed by atoms with E-state index in [2.05, 4.69) is 16.5 Å². The van der Waals surface area contributed by atoms with E-state index in [4.69, 9.17) is 0 Å². The van der Waals surface area contributed by atoms with Gasteiger partial charge in [0.1, 0.15) is 5.82 Å². The first-order valence-electron chi connectivity index (χ1n) is 11.0. The Morgan fingerprint density at radius 3 is 2.24 bits per heavy atom. The summed E-state index contributed by atoms with van der Waals surface area (Å²) in [6.45, 7) is 6.04. The summed E-state index contributed by atoms with van der Waals surface area (Å²) < 4.78 is 55.2. The number of piperidine rings is 1. The fraction of sp³-hybridized carbons (Fsp3) is 0.333. The second kappa shape index (κ2) is 9.27. The van der Waals surface area contributed by atoms with Crippen LogP contribution < -0.4 is 5.32 Å². The molecule has 2 aromatic carbocycles. The van der Waals surface area contributed by atoms with Crippen LogP contribution in [0.4, 0.5) is 14.6 Å². The molecule has 2 heterocycles. The van der Waals surface area contributed by atoms with Crippen molar-refractivity contribution in [2.24, 2.45) is 5.92 Å². The lowest BCUT2D eigenvalue weighted by Crippen LogP contribution is -2.41. The third-order valence-corrected chi connectivity index (χ3v) is 7.78. The number of aryl methyl sites for hydroxylation is 3. The first kappa shape index (κ1) is 24.0. The maximum absolute atomic E-state index is 13.5. The van der Waals surface area contributed by atoms with E-state index in [1.165, 1.54) is 4.31 Å². The molecule has 1 fully saturated rings. The van der Waals surface area contributed by atoms with Crippen molar-refractivity contribution in [1.82, 2.24) is 14.1 Å². The van der Waals surface area contributed by atoms with E-state index in [9.17, 15) is 22.0 Å². The summed E-state index contributed by atoms with van der Waals surface area (Å²) >= 11 is 0. The molecule has 1 amide bonds. The lowest BCUT2D eigenvalue weighted by atomic mass is 9.97. The van der Waals surface area contributed by atoms with Gasteiger partial charge in [-0.3, -0.25) is 4.79 Å². The molecule has 0 saturated carbocycles. The molecule has 0 unspecified atom stereocenters. The number of sulfonamides is 1. The third kappa shape index (κ3) is 4.88. The summed E-state index contributed by atoms with van der Waals surface area (Å²) in [5.74, 6) is -2.38. The number of carbonyl (C=O) groups is 1. The summed E-state index contributed by atoms with van der Waals surface area (Å²) in [6, 6.07) is 10.3. The van der Waals surface area contributed by atoms with Gasteiger partial charge < -0.3 is 5.32 Å². The van der Waals surface area contributed by atoms with Gasteiger partial charge in [-0.1, -0.05) is 6.07 Å². The van der Waals surface area contributed by atoms with E-state index in [1.807, 2.05) is 32.9 Å². The predicted octanol–water partition coefficient (Wildman–Crippen LogP) is 4.12. The van der Waals surface area contributed by atoms with Gasteiger partial charge >= 0.3 is 0 Å². The highest BCUT2D eigenvalue weighted by molar-refractivity contribution is 7.89. The third-order valence-electron chi connectivity index (χ3n) is 5.89. The summed E-state index contributed by atoms with van der Waals surface area (Å²) in [6.07, 6.45) is 0.622. The van der Waals surface area contributed by atoms with E-state index < -0.39 is 21.7 Å². The Balaban J connectivity index is 1.45.